The number of carbonyl (C=O) groups excluding carboxylic acids is 1. The van der Waals surface area contributed by atoms with Crippen molar-refractivity contribution in [3.63, 3.8) is 0 Å². The number of carbonyl (C=O) groups is 2. The van der Waals surface area contributed by atoms with E-state index in [-0.39, 0.29) is 6.03 Å². The molecule has 6 heteroatoms. The molecule has 0 aromatic rings. The normalized spacial score (nSPS) is 29.8. The molecular weight excluding hydrogens is 236 g/mol. The average Bonchev–Trinajstić information content (AvgIpc) is 2.84. The number of nitrogens with one attached hydrogen (secondary N) is 1. The predicted molar refractivity (Wildman–Crippen MR) is 64.0 cm³/mol. The zero-order valence-electron chi connectivity index (χ0n) is 10.5. The Labute approximate surface area is 106 Å². The summed E-state index contributed by atoms with van der Waals surface area (Å²) >= 11 is 0. The van der Waals surface area contributed by atoms with Gasteiger partial charge < -0.3 is 20.4 Å². The van der Waals surface area contributed by atoms with E-state index in [4.69, 9.17) is 5.11 Å². The molecule has 2 aliphatic rings. The van der Waals surface area contributed by atoms with Gasteiger partial charge in [-0.05, 0) is 31.6 Å². The highest BCUT2D eigenvalue weighted by Gasteiger charge is 2.39. The van der Waals surface area contributed by atoms with Crippen molar-refractivity contribution >= 4 is 12.0 Å². The molecule has 4 unspecified atom stereocenters. The smallest absolute Gasteiger partial charge is 0.328 e. The molecule has 1 heterocycles. The second-order valence-corrected chi connectivity index (χ2v) is 5.36. The standard InChI is InChI=1S/C12H20N2O4/c1-7(15)10(11(16)17)13-12(18)14-5-8-3-2-4-9(8)6-14/h7-10,15H,2-6H2,1H3,(H,13,18)(H,16,17). The number of rotatable bonds is 3. The first-order valence-corrected chi connectivity index (χ1v) is 6.45. The fourth-order valence-corrected chi connectivity index (χ4v) is 3.01. The highest BCUT2D eigenvalue weighted by Crippen LogP contribution is 2.37. The Morgan fingerprint density at radius 2 is 1.83 bits per heavy atom. The molecule has 4 atom stereocenters. The summed E-state index contributed by atoms with van der Waals surface area (Å²) in [6, 6.07) is -1.62. The number of carboxylic acid groups (broad SMARTS) is 1. The van der Waals surface area contributed by atoms with Crippen LogP contribution in [0.25, 0.3) is 0 Å². The molecular formula is C12H20N2O4. The van der Waals surface area contributed by atoms with Crippen LogP contribution in [0.5, 0.6) is 0 Å². The van der Waals surface area contributed by atoms with E-state index in [1.165, 1.54) is 13.3 Å². The molecule has 1 aliphatic carbocycles. The van der Waals surface area contributed by atoms with Gasteiger partial charge >= 0.3 is 12.0 Å². The predicted octanol–water partition coefficient (Wildman–Crippen LogP) is 0.262. The van der Waals surface area contributed by atoms with Gasteiger partial charge in [0.1, 0.15) is 0 Å². The van der Waals surface area contributed by atoms with Gasteiger partial charge in [-0.15, -0.1) is 0 Å². The number of aliphatic hydroxyl groups is 1. The Bertz CT molecular complexity index is 333. The molecule has 0 aromatic heterocycles. The Morgan fingerprint density at radius 3 is 2.28 bits per heavy atom. The second-order valence-electron chi connectivity index (χ2n) is 5.36. The van der Waals surface area contributed by atoms with E-state index in [1.807, 2.05) is 0 Å². The maximum absolute atomic E-state index is 11.9. The quantitative estimate of drug-likeness (QED) is 0.675. The Kier molecular flexibility index (Phi) is 3.75. The largest absolute Gasteiger partial charge is 0.480 e. The number of likely N-dealkylation sites (tertiary alicyclic amines) is 1. The van der Waals surface area contributed by atoms with Gasteiger partial charge in [-0.2, -0.15) is 0 Å². The van der Waals surface area contributed by atoms with Gasteiger partial charge in [-0.3, -0.25) is 0 Å². The second kappa shape index (κ2) is 5.14. The minimum Gasteiger partial charge on any atom is -0.480 e. The first-order chi connectivity index (χ1) is 8.49. The van der Waals surface area contributed by atoms with Gasteiger partial charge in [0.05, 0.1) is 6.10 Å². The van der Waals surface area contributed by atoms with Gasteiger partial charge in [0.25, 0.3) is 0 Å². The number of amides is 2. The van der Waals surface area contributed by atoms with E-state index in [9.17, 15) is 14.7 Å². The molecule has 0 aromatic carbocycles. The molecule has 0 radical (unpaired) electrons. The molecule has 18 heavy (non-hydrogen) atoms. The number of carboxylic acids is 1. The van der Waals surface area contributed by atoms with Crippen molar-refractivity contribution in [1.29, 1.82) is 0 Å². The molecule has 2 amide bonds. The van der Waals surface area contributed by atoms with Crippen LogP contribution in [-0.4, -0.2) is 52.3 Å². The van der Waals surface area contributed by atoms with E-state index >= 15 is 0 Å². The molecule has 1 saturated carbocycles. The molecule has 3 N–H and O–H groups in total. The third-order valence-electron chi connectivity index (χ3n) is 4.04. The number of aliphatic hydroxyl groups excluding tert-OH is 1. The molecule has 1 aliphatic heterocycles. The average molecular weight is 256 g/mol. The lowest BCUT2D eigenvalue weighted by molar-refractivity contribution is -0.141. The first kappa shape index (κ1) is 13.1. The Hall–Kier alpha value is -1.30. The number of hydrogen-bond acceptors (Lipinski definition) is 3. The first-order valence-electron chi connectivity index (χ1n) is 6.45. The minimum atomic E-state index is -1.24. The number of hydrogen-bond donors (Lipinski definition) is 3. The van der Waals surface area contributed by atoms with Crippen molar-refractivity contribution in [2.75, 3.05) is 13.1 Å². The van der Waals surface area contributed by atoms with Gasteiger partial charge in [0.2, 0.25) is 0 Å². The van der Waals surface area contributed by atoms with E-state index in [0.29, 0.717) is 24.9 Å². The van der Waals surface area contributed by atoms with Crippen LogP contribution < -0.4 is 5.32 Å². The molecule has 0 bridgehead atoms. The number of nitrogens with zero attached hydrogens (tertiary/aromatic N) is 1. The van der Waals surface area contributed by atoms with Crippen molar-refractivity contribution < 1.29 is 19.8 Å². The number of urea groups is 1. The lowest BCUT2D eigenvalue weighted by Crippen LogP contribution is -2.52. The van der Waals surface area contributed by atoms with E-state index in [2.05, 4.69) is 5.32 Å². The van der Waals surface area contributed by atoms with Gasteiger partial charge in [0, 0.05) is 13.1 Å². The Balaban J connectivity index is 1.90. The molecule has 6 nitrogen and oxygen atoms in total. The summed E-state index contributed by atoms with van der Waals surface area (Å²) in [7, 11) is 0. The van der Waals surface area contributed by atoms with Crippen molar-refractivity contribution in [2.24, 2.45) is 11.8 Å². The third-order valence-corrected chi connectivity index (χ3v) is 4.04. The summed E-state index contributed by atoms with van der Waals surface area (Å²) in [4.78, 5) is 24.5. The van der Waals surface area contributed by atoms with Crippen molar-refractivity contribution in [3.8, 4) is 0 Å². The van der Waals surface area contributed by atoms with Crippen molar-refractivity contribution in [2.45, 2.75) is 38.3 Å². The lowest BCUT2D eigenvalue weighted by atomic mass is 10.0. The summed E-state index contributed by atoms with van der Waals surface area (Å²) in [6.45, 7) is 2.78. The lowest BCUT2D eigenvalue weighted by Gasteiger charge is -2.23. The summed E-state index contributed by atoms with van der Waals surface area (Å²) in [5.74, 6) is -0.0612. The van der Waals surface area contributed by atoms with Gasteiger partial charge in [0.15, 0.2) is 6.04 Å². The summed E-state index contributed by atoms with van der Waals surface area (Å²) in [5.41, 5.74) is 0. The molecule has 2 fully saturated rings. The van der Waals surface area contributed by atoms with Crippen LogP contribution in [0.1, 0.15) is 26.2 Å². The van der Waals surface area contributed by atoms with Crippen molar-refractivity contribution in [1.82, 2.24) is 10.2 Å². The summed E-state index contributed by atoms with van der Waals surface area (Å²) in [6.07, 6.45) is 2.45. The maximum Gasteiger partial charge on any atom is 0.328 e. The van der Waals surface area contributed by atoms with Crippen LogP contribution in [0.4, 0.5) is 4.79 Å². The van der Waals surface area contributed by atoms with E-state index in [0.717, 1.165) is 12.8 Å². The van der Waals surface area contributed by atoms with Gasteiger partial charge in [-0.1, -0.05) is 6.42 Å². The maximum atomic E-state index is 11.9. The third kappa shape index (κ3) is 2.58. The summed E-state index contributed by atoms with van der Waals surface area (Å²) in [5, 5.41) is 20.6. The molecule has 102 valence electrons. The minimum absolute atomic E-state index is 0.377. The molecule has 1 saturated heterocycles. The monoisotopic (exact) mass is 256 g/mol. The van der Waals surface area contributed by atoms with E-state index < -0.39 is 18.1 Å². The zero-order chi connectivity index (χ0) is 13.3. The van der Waals surface area contributed by atoms with Crippen LogP contribution in [0, 0.1) is 11.8 Å². The fraction of sp³-hybridized carbons (Fsp3) is 0.833. The fourth-order valence-electron chi connectivity index (χ4n) is 3.01. The number of aliphatic carboxylic acids is 1. The highest BCUT2D eigenvalue weighted by atomic mass is 16.4. The number of fused-ring (bicyclic) bond motifs is 1. The Morgan fingerprint density at radius 1 is 1.28 bits per heavy atom. The summed E-state index contributed by atoms with van der Waals surface area (Å²) < 4.78 is 0. The van der Waals surface area contributed by atoms with Crippen LogP contribution in [-0.2, 0) is 4.79 Å². The molecule has 0 spiro atoms. The highest BCUT2D eigenvalue weighted by molar-refractivity contribution is 5.83. The SMILES string of the molecule is CC(O)C(NC(=O)N1CC2CCCC2C1)C(=O)O. The topological polar surface area (TPSA) is 89.9 Å². The van der Waals surface area contributed by atoms with Crippen molar-refractivity contribution in [3.05, 3.63) is 0 Å². The van der Waals surface area contributed by atoms with Crippen LogP contribution in [0.2, 0.25) is 0 Å². The van der Waals surface area contributed by atoms with Crippen LogP contribution in [0.15, 0.2) is 0 Å². The van der Waals surface area contributed by atoms with Crippen LogP contribution >= 0.6 is 0 Å². The molecule has 2 rings (SSSR count). The van der Waals surface area contributed by atoms with Gasteiger partial charge in [-0.25, -0.2) is 9.59 Å². The zero-order valence-corrected chi connectivity index (χ0v) is 10.5. The van der Waals surface area contributed by atoms with Crippen LogP contribution in [0.3, 0.4) is 0 Å². The van der Waals surface area contributed by atoms with E-state index in [1.54, 1.807) is 4.90 Å².